The number of carbonyl (C=O) groups is 2. The molecule has 176 valence electrons. The Kier molecular flexibility index (Phi) is 7.34. The van der Waals surface area contributed by atoms with Crippen LogP contribution in [-0.2, 0) is 24.2 Å². The van der Waals surface area contributed by atoms with Gasteiger partial charge in [0.15, 0.2) is 5.56 Å². The molecule has 0 saturated carbocycles. The number of hydrogen-bond donors (Lipinski definition) is 4. The van der Waals surface area contributed by atoms with Gasteiger partial charge in [-0.25, -0.2) is 14.6 Å². The van der Waals surface area contributed by atoms with Gasteiger partial charge in [-0.3, -0.25) is 4.79 Å². The predicted molar refractivity (Wildman–Crippen MR) is 106 cm³/mol. The summed E-state index contributed by atoms with van der Waals surface area (Å²) in [5.41, 5.74) is 1.12. The van der Waals surface area contributed by atoms with Gasteiger partial charge < -0.3 is 29.8 Å². The molecule has 13 heteroatoms. The first-order valence-corrected chi connectivity index (χ1v) is 9.48. The molecule has 10 nitrogen and oxygen atoms in total. The summed E-state index contributed by atoms with van der Waals surface area (Å²) in [6, 6.07) is 0. The molecule has 32 heavy (non-hydrogen) atoms. The fourth-order valence-electron chi connectivity index (χ4n) is 3.36. The van der Waals surface area contributed by atoms with Crippen molar-refractivity contribution in [2.45, 2.75) is 38.9 Å². The van der Waals surface area contributed by atoms with Crippen molar-refractivity contribution >= 4 is 11.9 Å². The third-order valence-corrected chi connectivity index (χ3v) is 4.86. The summed E-state index contributed by atoms with van der Waals surface area (Å²) < 4.78 is 33.9. The minimum Gasteiger partial charge on any atom is -0.506 e. The number of pyridine rings is 1. The number of aryl methyl sites for hydroxylation is 1. The molecule has 0 bridgehead atoms. The van der Waals surface area contributed by atoms with Gasteiger partial charge in [0.2, 0.25) is 0 Å². The van der Waals surface area contributed by atoms with Gasteiger partial charge in [0.1, 0.15) is 17.3 Å². The molecule has 0 unspecified atom stereocenters. The molecule has 3 rings (SSSR count). The van der Waals surface area contributed by atoms with Crippen LogP contribution in [0.2, 0.25) is 0 Å². The van der Waals surface area contributed by atoms with E-state index in [4.69, 9.17) is 9.90 Å². The van der Waals surface area contributed by atoms with E-state index in [1.54, 1.807) is 0 Å². The number of imidazole rings is 1. The third-order valence-electron chi connectivity index (χ3n) is 4.86. The molecule has 0 aliphatic heterocycles. The number of fused-ring (bicyclic) bond motifs is 3. The van der Waals surface area contributed by atoms with E-state index in [-0.39, 0.29) is 0 Å². The highest BCUT2D eigenvalue weighted by Crippen LogP contribution is 2.35. The number of H-pyrrole nitrogens is 1. The summed E-state index contributed by atoms with van der Waals surface area (Å²) >= 11 is 0. The maximum Gasteiger partial charge on any atom is 0.490 e. The summed E-state index contributed by atoms with van der Waals surface area (Å²) in [5.74, 6) is -3.80. The number of alkyl halides is 3. The maximum absolute atomic E-state index is 12.1. The Bertz CT molecular complexity index is 1090. The van der Waals surface area contributed by atoms with Gasteiger partial charge in [-0.1, -0.05) is 0 Å². The lowest BCUT2D eigenvalue weighted by Crippen LogP contribution is -2.21. The largest absolute Gasteiger partial charge is 0.506 e. The summed E-state index contributed by atoms with van der Waals surface area (Å²) in [6.07, 6.45) is -3.10. The second kappa shape index (κ2) is 9.42. The third kappa shape index (κ3) is 5.28. The molecular formula is C19H23F3N4O6. The lowest BCUT2D eigenvalue weighted by Gasteiger charge is -2.14. The summed E-state index contributed by atoms with van der Waals surface area (Å²) in [5, 5.41) is 26.7. The lowest BCUT2D eigenvalue weighted by molar-refractivity contribution is -0.192. The van der Waals surface area contributed by atoms with Gasteiger partial charge in [-0.2, -0.15) is 13.2 Å². The summed E-state index contributed by atoms with van der Waals surface area (Å²) in [7, 11) is 4.01. The monoisotopic (exact) mass is 460 g/mol. The second-order valence-corrected chi connectivity index (χ2v) is 7.40. The Labute approximate surface area is 179 Å². The van der Waals surface area contributed by atoms with Gasteiger partial charge in [0.05, 0.1) is 5.69 Å². The molecule has 2 aromatic rings. The number of carboxylic acid groups (broad SMARTS) is 2. The minimum absolute atomic E-state index is 0.437. The first-order valence-electron chi connectivity index (χ1n) is 9.48. The highest BCUT2D eigenvalue weighted by atomic mass is 19.4. The van der Waals surface area contributed by atoms with Crippen LogP contribution >= 0.6 is 0 Å². The van der Waals surface area contributed by atoms with E-state index < -0.39 is 35.0 Å². The zero-order valence-electron chi connectivity index (χ0n) is 17.6. The first-order chi connectivity index (χ1) is 14.8. The number of nitrogens with one attached hydrogen (secondary N) is 1. The SMILES string of the molecule is Cc1nc2c(n1CCN(C)C)CCCc1c-2[nH]c(=O)c(C(=O)O)c1O.O=C(O)C(F)(F)F. The number of likely N-dealkylation sites (N-methyl/N-ethyl adjacent to an activating group) is 1. The average Bonchev–Trinajstić information content (AvgIpc) is 2.85. The molecule has 0 saturated heterocycles. The number of aromatic carboxylic acids is 1. The maximum atomic E-state index is 12.1. The molecule has 1 aliphatic carbocycles. The molecule has 0 radical (unpaired) electrons. The van der Waals surface area contributed by atoms with Crippen LogP contribution in [0.3, 0.4) is 0 Å². The molecule has 4 N–H and O–H groups in total. The summed E-state index contributed by atoms with van der Waals surface area (Å²) in [6.45, 7) is 3.55. The Balaban J connectivity index is 0.000000451. The highest BCUT2D eigenvalue weighted by Gasteiger charge is 2.38. The summed E-state index contributed by atoms with van der Waals surface area (Å²) in [4.78, 5) is 41.6. The molecule has 2 aromatic heterocycles. The number of aromatic amines is 1. The number of aliphatic carboxylic acids is 1. The molecule has 0 amide bonds. The van der Waals surface area contributed by atoms with Crippen LogP contribution in [0.1, 0.15) is 33.9 Å². The van der Waals surface area contributed by atoms with Crippen LogP contribution in [0.15, 0.2) is 4.79 Å². The molecule has 1 aliphatic rings. The quantitative estimate of drug-likeness (QED) is 0.538. The highest BCUT2D eigenvalue weighted by molar-refractivity contribution is 5.92. The fourth-order valence-corrected chi connectivity index (χ4v) is 3.36. The van der Waals surface area contributed by atoms with Crippen LogP contribution < -0.4 is 5.56 Å². The molecular weight excluding hydrogens is 437 g/mol. The van der Waals surface area contributed by atoms with Gasteiger partial charge in [-0.15, -0.1) is 0 Å². The number of carboxylic acids is 2. The minimum atomic E-state index is -5.08. The van der Waals surface area contributed by atoms with E-state index in [1.165, 1.54) is 0 Å². The Hall–Kier alpha value is -3.35. The Morgan fingerprint density at radius 2 is 1.81 bits per heavy atom. The van der Waals surface area contributed by atoms with Crippen molar-refractivity contribution in [1.82, 2.24) is 19.4 Å². The fraction of sp³-hybridized carbons (Fsp3) is 0.474. The average molecular weight is 460 g/mol. The molecule has 0 spiro atoms. The molecule has 0 fully saturated rings. The topological polar surface area (TPSA) is 149 Å². The van der Waals surface area contributed by atoms with E-state index in [9.17, 15) is 33.0 Å². The number of aromatic hydroxyl groups is 1. The van der Waals surface area contributed by atoms with Crippen molar-refractivity contribution in [2.24, 2.45) is 0 Å². The van der Waals surface area contributed by atoms with Crippen LogP contribution in [0.25, 0.3) is 11.4 Å². The first kappa shape index (κ1) is 24.9. The van der Waals surface area contributed by atoms with E-state index in [2.05, 4.69) is 19.4 Å². The number of hydrogen-bond acceptors (Lipinski definition) is 6. The van der Waals surface area contributed by atoms with E-state index in [0.717, 1.165) is 37.4 Å². The van der Waals surface area contributed by atoms with Crippen LogP contribution in [-0.4, -0.2) is 73.5 Å². The van der Waals surface area contributed by atoms with Crippen molar-refractivity contribution in [3.05, 3.63) is 33.0 Å². The molecule has 2 heterocycles. The van der Waals surface area contributed by atoms with Gasteiger partial charge in [0, 0.05) is 24.3 Å². The lowest BCUT2D eigenvalue weighted by atomic mass is 10.0. The van der Waals surface area contributed by atoms with E-state index in [0.29, 0.717) is 23.4 Å². The van der Waals surface area contributed by atoms with Gasteiger partial charge >= 0.3 is 18.1 Å². The zero-order chi connectivity index (χ0) is 24.4. The van der Waals surface area contributed by atoms with Gasteiger partial charge in [-0.05, 0) is 40.3 Å². The Morgan fingerprint density at radius 1 is 1.22 bits per heavy atom. The van der Waals surface area contributed by atoms with Crippen LogP contribution in [0, 0.1) is 6.92 Å². The van der Waals surface area contributed by atoms with Crippen molar-refractivity contribution in [1.29, 1.82) is 0 Å². The number of nitrogens with zero attached hydrogens (tertiary/aromatic N) is 3. The standard InChI is InChI=1S/C17H22N4O4.C2HF3O2/c1-9-18-14-11(21(9)8-7-20(2)3)6-4-5-10-13(14)19-16(23)12(15(10)22)17(24)25;3-2(4,5)1(6)7/h4-8H2,1-3H3,(H,24,25)(H2,19,22,23);(H,6,7). The van der Waals surface area contributed by atoms with Gasteiger partial charge in [0.25, 0.3) is 5.56 Å². The van der Waals surface area contributed by atoms with Crippen molar-refractivity contribution < 1.29 is 38.1 Å². The van der Waals surface area contributed by atoms with Crippen LogP contribution in [0.4, 0.5) is 13.2 Å². The zero-order valence-corrected chi connectivity index (χ0v) is 17.6. The smallest absolute Gasteiger partial charge is 0.490 e. The van der Waals surface area contributed by atoms with Crippen molar-refractivity contribution in [2.75, 3.05) is 20.6 Å². The normalized spacial score (nSPS) is 13.0. The second-order valence-electron chi connectivity index (χ2n) is 7.40. The Morgan fingerprint density at radius 3 is 2.31 bits per heavy atom. The van der Waals surface area contributed by atoms with Crippen LogP contribution in [0.5, 0.6) is 5.75 Å². The van der Waals surface area contributed by atoms with E-state index >= 15 is 0 Å². The predicted octanol–water partition coefficient (Wildman–Crippen LogP) is 1.63. The van der Waals surface area contributed by atoms with Crippen molar-refractivity contribution in [3.63, 3.8) is 0 Å². The number of rotatable bonds is 4. The number of halogens is 3. The van der Waals surface area contributed by atoms with E-state index in [1.807, 2.05) is 21.0 Å². The number of aromatic nitrogens is 3. The van der Waals surface area contributed by atoms with Crippen molar-refractivity contribution in [3.8, 4) is 17.1 Å². The molecule has 0 aromatic carbocycles. The molecule has 0 atom stereocenters.